The summed E-state index contributed by atoms with van der Waals surface area (Å²) in [6.45, 7) is 0.203. The van der Waals surface area contributed by atoms with E-state index in [9.17, 15) is 17.6 Å². The van der Waals surface area contributed by atoms with Gasteiger partial charge in [-0.2, -0.15) is 23.4 Å². The molecule has 0 saturated heterocycles. The van der Waals surface area contributed by atoms with Crippen LogP contribution in [0.15, 0.2) is 45.1 Å². The molecule has 1 aliphatic rings. The molecule has 2 heterocycles. The first kappa shape index (κ1) is 13.7. The van der Waals surface area contributed by atoms with Gasteiger partial charge in [-0.15, -0.1) is 0 Å². The second-order valence-corrected chi connectivity index (χ2v) is 4.61. The molecule has 2 unspecified atom stereocenters. The molecule has 0 N–H and O–H groups in total. The second-order valence-electron chi connectivity index (χ2n) is 4.61. The molecular formula is C13H9F4N3O. The Balaban J connectivity index is 1.88. The van der Waals surface area contributed by atoms with Crippen LogP contribution < -0.4 is 0 Å². The van der Waals surface area contributed by atoms with Crippen LogP contribution in [0.4, 0.5) is 17.6 Å². The Kier molecular flexibility index (Phi) is 3.23. The van der Waals surface area contributed by atoms with Crippen LogP contribution in [0.2, 0.25) is 0 Å². The number of oxazole rings is 1. The van der Waals surface area contributed by atoms with Crippen molar-refractivity contribution in [3.63, 3.8) is 0 Å². The number of halogens is 4. The third-order valence-corrected chi connectivity index (χ3v) is 3.21. The van der Waals surface area contributed by atoms with Crippen LogP contribution in [0.5, 0.6) is 0 Å². The van der Waals surface area contributed by atoms with Gasteiger partial charge in [-0.05, 0) is 17.7 Å². The Bertz CT molecular complexity index is 663. The minimum Gasteiger partial charge on any atom is -0.438 e. The molecular weight excluding hydrogens is 290 g/mol. The van der Waals surface area contributed by atoms with Crippen LogP contribution in [-0.2, 0) is 6.18 Å². The fourth-order valence-electron chi connectivity index (χ4n) is 2.20. The monoisotopic (exact) mass is 299 g/mol. The summed E-state index contributed by atoms with van der Waals surface area (Å²) in [6.07, 6.45) is -3.59. The maximum Gasteiger partial charge on any atom is 0.468 e. The number of aromatic nitrogens is 1. The molecule has 1 aromatic carbocycles. The zero-order valence-electron chi connectivity index (χ0n) is 10.5. The van der Waals surface area contributed by atoms with Crippen LogP contribution in [0, 0.1) is 5.82 Å². The lowest BCUT2D eigenvalue weighted by molar-refractivity contribution is -0.157. The van der Waals surface area contributed by atoms with Crippen LogP contribution in [0.25, 0.3) is 0 Å². The quantitative estimate of drug-likeness (QED) is 0.783. The van der Waals surface area contributed by atoms with E-state index in [2.05, 4.69) is 15.2 Å². The molecule has 2 atom stereocenters. The van der Waals surface area contributed by atoms with E-state index >= 15 is 0 Å². The van der Waals surface area contributed by atoms with Crippen molar-refractivity contribution in [2.75, 3.05) is 6.54 Å². The van der Waals surface area contributed by atoms with Gasteiger partial charge < -0.3 is 4.42 Å². The van der Waals surface area contributed by atoms with Gasteiger partial charge in [-0.25, -0.2) is 9.37 Å². The minimum atomic E-state index is -4.63. The average molecular weight is 299 g/mol. The first-order valence-electron chi connectivity index (χ1n) is 6.10. The molecule has 2 aromatic rings. The molecule has 4 nitrogen and oxygen atoms in total. The van der Waals surface area contributed by atoms with Crippen molar-refractivity contribution < 1.29 is 22.0 Å². The molecule has 0 fully saturated rings. The topological polar surface area (TPSA) is 50.8 Å². The maximum absolute atomic E-state index is 12.9. The SMILES string of the molecule is Fc1ccc(C2N=NCC2c2cnc(C(F)(F)F)o2)cc1. The Morgan fingerprint density at radius 2 is 1.86 bits per heavy atom. The predicted octanol–water partition coefficient (Wildman–Crippen LogP) is 4.12. The lowest BCUT2D eigenvalue weighted by atomic mass is 9.93. The third kappa shape index (κ3) is 2.65. The summed E-state index contributed by atoms with van der Waals surface area (Å²) in [6, 6.07) is 5.08. The summed E-state index contributed by atoms with van der Waals surface area (Å²) in [5, 5.41) is 7.85. The summed E-state index contributed by atoms with van der Waals surface area (Å²) in [5.41, 5.74) is 0.660. The summed E-state index contributed by atoms with van der Waals surface area (Å²) in [7, 11) is 0. The Hall–Kier alpha value is -2.25. The van der Waals surface area contributed by atoms with E-state index in [4.69, 9.17) is 4.42 Å². The molecule has 8 heteroatoms. The molecule has 0 bridgehead atoms. The Morgan fingerprint density at radius 3 is 2.48 bits per heavy atom. The van der Waals surface area contributed by atoms with E-state index in [1.807, 2.05) is 0 Å². The van der Waals surface area contributed by atoms with Gasteiger partial charge >= 0.3 is 12.1 Å². The highest BCUT2D eigenvalue weighted by Crippen LogP contribution is 2.40. The molecule has 21 heavy (non-hydrogen) atoms. The van der Waals surface area contributed by atoms with Crippen LogP contribution in [0.1, 0.15) is 29.2 Å². The standard InChI is InChI=1S/C13H9F4N3O/c14-8-3-1-7(2-4-8)11-9(5-19-20-11)10-6-18-12(21-10)13(15,16)17/h1-4,6,9,11H,5H2. The summed E-state index contributed by atoms with van der Waals surface area (Å²) in [5.74, 6) is -2.09. The van der Waals surface area contributed by atoms with Gasteiger partial charge in [-0.3, -0.25) is 0 Å². The van der Waals surface area contributed by atoms with Crippen LogP contribution >= 0.6 is 0 Å². The van der Waals surface area contributed by atoms with E-state index < -0.39 is 29.8 Å². The van der Waals surface area contributed by atoms with Crippen molar-refractivity contribution in [2.24, 2.45) is 10.2 Å². The number of rotatable bonds is 2. The maximum atomic E-state index is 12.9. The van der Waals surface area contributed by atoms with Crippen LogP contribution in [-0.4, -0.2) is 11.5 Å². The van der Waals surface area contributed by atoms with E-state index in [1.54, 1.807) is 0 Å². The van der Waals surface area contributed by atoms with Crippen molar-refractivity contribution in [1.29, 1.82) is 0 Å². The molecule has 1 aliphatic heterocycles. The molecule has 110 valence electrons. The van der Waals surface area contributed by atoms with Crippen molar-refractivity contribution >= 4 is 0 Å². The molecule has 0 radical (unpaired) electrons. The van der Waals surface area contributed by atoms with Gasteiger partial charge in [0.05, 0.1) is 18.7 Å². The number of alkyl halides is 3. The molecule has 0 aliphatic carbocycles. The number of hydrogen-bond acceptors (Lipinski definition) is 4. The fourth-order valence-corrected chi connectivity index (χ4v) is 2.20. The van der Waals surface area contributed by atoms with E-state index in [0.29, 0.717) is 5.56 Å². The van der Waals surface area contributed by atoms with E-state index in [1.165, 1.54) is 24.3 Å². The van der Waals surface area contributed by atoms with Gasteiger partial charge in [-0.1, -0.05) is 12.1 Å². The van der Waals surface area contributed by atoms with Gasteiger partial charge in [0.15, 0.2) is 0 Å². The highest BCUT2D eigenvalue weighted by atomic mass is 19.4. The summed E-state index contributed by atoms with van der Waals surface area (Å²) in [4.78, 5) is 3.24. The van der Waals surface area contributed by atoms with Crippen molar-refractivity contribution in [1.82, 2.24) is 4.98 Å². The van der Waals surface area contributed by atoms with Gasteiger partial charge in [0.1, 0.15) is 17.6 Å². The Morgan fingerprint density at radius 1 is 1.14 bits per heavy atom. The zero-order chi connectivity index (χ0) is 15.0. The number of azo groups is 1. The molecule has 1 aromatic heterocycles. The van der Waals surface area contributed by atoms with Crippen LogP contribution in [0.3, 0.4) is 0 Å². The predicted molar refractivity (Wildman–Crippen MR) is 63.1 cm³/mol. The van der Waals surface area contributed by atoms with E-state index in [-0.39, 0.29) is 12.3 Å². The lowest BCUT2D eigenvalue weighted by Gasteiger charge is -2.14. The Labute approximate surface area is 116 Å². The minimum absolute atomic E-state index is 0.0710. The van der Waals surface area contributed by atoms with E-state index in [0.717, 1.165) is 6.20 Å². The first-order chi connectivity index (χ1) is 9.95. The van der Waals surface area contributed by atoms with Gasteiger partial charge in [0, 0.05) is 0 Å². The largest absolute Gasteiger partial charge is 0.468 e. The normalized spacial score (nSPS) is 21.9. The van der Waals surface area contributed by atoms with Crippen molar-refractivity contribution in [2.45, 2.75) is 18.1 Å². The number of hydrogen-bond donors (Lipinski definition) is 0. The highest BCUT2D eigenvalue weighted by Gasteiger charge is 2.39. The molecule has 0 saturated carbocycles. The van der Waals surface area contributed by atoms with Crippen molar-refractivity contribution in [3.8, 4) is 0 Å². The summed E-state index contributed by atoms with van der Waals surface area (Å²) < 4.78 is 55.2. The fraction of sp³-hybridized carbons (Fsp3) is 0.308. The lowest BCUT2D eigenvalue weighted by Crippen LogP contribution is -2.08. The van der Waals surface area contributed by atoms with Gasteiger partial charge in [0.25, 0.3) is 0 Å². The molecule has 3 rings (SSSR count). The smallest absolute Gasteiger partial charge is 0.438 e. The van der Waals surface area contributed by atoms with Gasteiger partial charge in [0.2, 0.25) is 0 Å². The number of benzene rings is 1. The van der Waals surface area contributed by atoms with Crippen molar-refractivity contribution in [3.05, 3.63) is 53.5 Å². The summed E-state index contributed by atoms with van der Waals surface area (Å²) >= 11 is 0. The average Bonchev–Trinajstić information content (AvgIpc) is 3.07. The zero-order valence-corrected chi connectivity index (χ0v) is 10.5. The third-order valence-electron chi connectivity index (χ3n) is 3.21. The highest BCUT2D eigenvalue weighted by molar-refractivity contribution is 5.25. The number of nitrogens with zero attached hydrogens (tertiary/aromatic N) is 3. The molecule has 0 amide bonds. The molecule has 0 spiro atoms. The first-order valence-corrected chi connectivity index (χ1v) is 6.10. The second kappa shape index (κ2) is 4.94.